The van der Waals surface area contributed by atoms with E-state index in [1.54, 1.807) is 0 Å². The topological polar surface area (TPSA) is 54.1 Å². The second kappa shape index (κ2) is 9.41. The number of halogens is 2. The van der Waals surface area contributed by atoms with Crippen LogP contribution in [-0.4, -0.2) is 56.3 Å². The van der Waals surface area contributed by atoms with E-state index in [9.17, 15) is 4.39 Å². The lowest BCUT2D eigenvalue weighted by atomic mass is 10.1. The Labute approximate surface area is 160 Å². The van der Waals surface area contributed by atoms with Gasteiger partial charge in [-0.05, 0) is 43.5 Å². The van der Waals surface area contributed by atoms with Crippen LogP contribution in [0.3, 0.4) is 0 Å². The highest BCUT2D eigenvalue weighted by atomic mass is 127. The van der Waals surface area contributed by atoms with Crippen LogP contribution >= 0.6 is 24.0 Å². The fraction of sp³-hybridized carbons (Fsp3) is 0.588. The van der Waals surface area contributed by atoms with E-state index in [2.05, 4.69) is 14.8 Å². The van der Waals surface area contributed by atoms with Gasteiger partial charge < -0.3 is 20.3 Å². The van der Waals surface area contributed by atoms with Gasteiger partial charge in [0.2, 0.25) is 0 Å². The Morgan fingerprint density at radius 1 is 1.17 bits per heavy atom. The molecule has 134 valence electrons. The smallest absolute Gasteiger partial charge is 0.191 e. The van der Waals surface area contributed by atoms with Gasteiger partial charge >= 0.3 is 0 Å². The lowest BCUT2D eigenvalue weighted by Crippen LogP contribution is -2.51. The number of anilines is 1. The first-order valence-electron chi connectivity index (χ1n) is 8.39. The molecule has 0 amide bonds. The molecule has 24 heavy (non-hydrogen) atoms. The summed E-state index contributed by atoms with van der Waals surface area (Å²) in [4.78, 5) is 8.87. The third-order valence-corrected chi connectivity index (χ3v) is 4.53. The molecule has 1 unspecified atom stereocenters. The molecule has 0 aromatic heterocycles. The minimum atomic E-state index is -0.200. The summed E-state index contributed by atoms with van der Waals surface area (Å²) in [5, 5.41) is 0. The molecule has 5 nitrogen and oxygen atoms in total. The summed E-state index contributed by atoms with van der Waals surface area (Å²) >= 11 is 0. The van der Waals surface area contributed by atoms with Crippen molar-refractivity contribution in [1.29, 1.82) is 0 Å². The summed E-state index contributed by atoms with van der Waals surface area (Å²) in [6, 6.07) is 6.65. The minimum absolute atomic E-state index is 0. The summed E-state index contributed by atoms with van der Waals surface area (Å²) < 4.78 is 18.7. The molecule has 1 aromatic rings. The van der Waals surface area contributed by atoms with Crippen molar-refractivity contribution in [2.24, 2.45) is 10.7 Å². The molecular weight excluding hydrogens is 422 g/mol. The molecule has 0 saturated carbocycles. The molecular formula is C17H26FIN4O. The molecule has 2 N–H and O–H groups in total. The van der Waals surface area contributed by atoms with Crippen molar-refractivity contribution in [2.45, 2.75) is 25.4 Å². The maximum absolute atomic E-state index is 13.0. The van der Waals surface area contributed by atoms with Crippen molar-refractivity contribution in [3.05, 3.63) is 30.1 Å². The molecule has 0 spiro atoms. The third kappa shape index (κ3) is 5.20. The predicted octanol–water partition coefficient (Wildman–Crippen LogP) is 2.45. The van der Waals surface area contributed by atoms with E-state index in [1.165, 1.54) is 18.6 Å². The normalized spacial score (nSPS) is 22.2. The fourth-order valence-corrected chi connectivity index (χ4v) is 3.09. The first-order valence-corrected chi connectivity index (χ1v) is 8.39. The lowest BCUT2D eigenvalue weighted by Gasteiger charge is -2.36. The Balaban J connectivity index is 0.00000208. The van der Waals surface area contributed by atoms with E-state index in [1.807, 2.05) is 12.1 Å². The summed E-state index contributed by atoms with van der Waals surface area (Å²) in [5.41, 5.74) is 7.17. The average Bonchev–Trinajstić information content (AvgIpc) is 2.61. The SMILES string of the molecule is I.NC(=NCC1CCCCO1)N1CCN(c2ccc(F)cc2)CC1. The lowest BCUT2D eigenvalue weighted by molar-refractivity contribution is 0.0223. The Kier molecular flexibility index (Phi) is 7.54. The second-order valence-corrected chi connectivity index (χ2v) is 6.14. The number of rotatable bonds is 3. The van der Waals surface area contributed by atoms with Crippen molar-refractivity contribution < 1.29 is 9.13 Å². The van der Waals surface area contributed by atoms with Crippen LogP contribution in [0.1, 0.15) is 19.3 Å². The maximum atomic E-state index is 13.0. The number of hydrogen-bond donors (Lipinski definition) is 1. The standard InChI is InChI=1S/C17H25FN4O.HI/c18-14-4-6-15(7-5-14)21-8-10-22(11-9-21)17(19)20-13-16-3-1-2-12-23-16;/h4-7,16H,1-3,8-13H2,(H2,19,20);1H. The molecule has 2 heterocycles. The van der Waals surface area contributed by atoms with E-state index in [0.717, 1.165) is 51.3 Å². The van der Waals surface area contributed by atoms with Crippen LogP contribution in [0, 0.1) is 5.82 Å². The largest absolute Gasteiger partial charge is 0.376 e. The summed E-state index contributed by atoms with van der Waals surface area (Å²) in [6.45, 7) is 4.89. The highest BCUT2D eigenvalue weighted by Gasteiger charge is 2.19. The molecule has 7 heteroatoms. The van der Waals surface area contributed by atoms with Crippen molar-refractivity contribution in [1.82, 2.24) is 4.90 Å². The van der Waals surface area contributed by atoms with Crippen LogP contribution in [0.25, 0.3) is 0 Å². The van der Waals surface area contributed by atoms with E-state index in [0.29, 0.717) is 12.5 Å². The Bertz CT molecular complexity index is 526. The van der Waals surface area contributed by atoms with Crippen molar-refractivity contribution >= 4 is 35.6 Å². The second-order valence-electron chi connectivity index (χ2n) is 6.14. The third-order valence-electron chi connectivity index (χ3n) is 4.53. The van der Waals surface area contributed by atoms with Crippen LogP contribution < -0.4 is 10.6 Å². The highest BCUT2D eigenvalue weighted by molar-refractivity contribution is 14.0. The van der Waals surface area contributed by atoms with Crippen LogP contribution in [0.4, 0.5) is 10.1 Å². The number of nitrogens with two attached hydrogens (primary N) is 1. The monoisotopic (exact) mass is 448 g/mol. The number of nitrogens with zero attached hydrogens (tertiary/aromatic N) is 3. The zero-order valence-electron chi connectivity index (χ0n) is 13.9. The molecule has 3 rings (SSSR count). The van der Waals surface area contributed by atoms with E-state index >= 15 is 0 Å². The molecule has 2 aliphatic heterocycles. The van der Waals surface area contributed by atoms with Gasteiger partial charge in [0.05, 0.1) is 12.6 Å². The van der Waals surface area contributed by atoms with Gasteiger partial charge in [-0.25, -0.2) is 4.39 Å². The maximum Gasteiger partial charge on any atom is 0.191 e. The van der Waals surface area contributed by atoms with E-state index < -0.39 is 0 Å². The van der Waals surface area contributed by atoms with Crippen molar-refractivity contribution in [2.75, 3.05) is 44.2 Å². The molecule has 0 radical (unpaired) electrons. The van der Waals surface area contributed by atoms with Gasteiger partial charge in [0.1, 0.15) is 5.82 Å². The van der Waals surface area contributed by atoms with Crippen LogP contribution in [-0.2, 0) is 4.74 Å². The zero-order valence-corrected chi connectivity index (χ0v) is 16.2. The van der Waals surface area contributed by atoms with Crippen molar-refractivity contribution in [3.8, 4) is 0 Å². The van der Waals surface area contributed by atoms with Gasteiger partial charge in [-0.3, -0.25) is 4.99 Å². The van der Waals surface area contributed by atoms with E-state index in [-0.39, 0.29) is 35.9 Å². The fourth-order valence-electron chi connectivity index (χ4n) is 3.09. The minimum Gasteiger partial charge on any atom is -0.376 e. The van der Waals surface area contributed by atoms with Gasteiger partial charge in [-0.2, -0.15) is 0 Å². The van der Waals surface area contributed by atoms with Crippen LogP contribution in [0.5, 0.6) is 0 Å². The number of ether oxygens (including phenoxy) is 1. The Morgan fingerprint density at radius 2 is 1.88 bits per heavy atom. The summed E-state index contributed by atoms with van der Waals surface area (Å²) in [7, 11) is 0. The summed E-state index contributed by atoms with van der Waals surface area (Å²) in [5.74, 6) is 0.409. The van der Waals surface area contributed by atoms with Crippen LogP contribution in [0.2, 0.25) is 0 Å². The first-order chi connectivity index (χ1) is 11.2. The number of guanidine groups is 1. The van der Waals surface area contributed by atoms with Crippen molar-refractivity contribution in [3.63, 3.8) is 0 Å². The van der Waals surface area contributed by atoms with E-state index in [4.69, 9.17) is 10.5 Å². The summed E-state index contributed by atoms with van der Waals surface area (Å²) in [6.07, 6.45) is 3.68. The van der Waals surface area contributed by atoms with Crippen LogP contribution in [0.15, 0.2) is 29.3 Å². The molecule has 1 atom stereocenters. The average molecular weight is 448 g/mol. The Hall–Kier alpha value is -1.09. The molecule has 0 aliphatic carbocycles. The van der Waals surface area contributed by atoms with Gasteiger partial charge in [0, 0.05) is 38.5 Å². The number of piperazine rings is 1. The van der Waals surface area contributed by atoms with Gasteiger partial charge in [-0.1, -0.05) is 0 Å². The number of aliphatic imine (C=N–C) groups is 1. The number of benzene rings is 1. The predicted molar refractivity (Wildman–Crippen MR) is 106 cm³/mol. The van der Waals surface area contributed by atoms with Gasteiger partial charge in [0.15, 0.2) is 5.96 Å². The zero-order chi connectivity index (χ0) is 16.1. The molecule has 2 fully saturated rings. The molecule has 2 saturated heterocycles. The molecule has 2 aliphatic rings. The Morgan fingerprint density at radius 3 is 2.50 bits per heavy atom. The molecule has 0 bridgehead atoms. The van der Waals surface area contributed by atoms with Gasteiger partial charge in [-0.15, -0.1) is 24.0 Å². The first kappa shape index (κ1) is 19.2. The highest BCUT2D eigenvalue weighted by Crippen LogP contribution is 2.17. The molecule has 1 aromatic carbocycles. The number of hydrogen-bond acceptors (Lipinski definition) is 3. The van der Waals surface area contributed by atoms with Gasteiger partial charge in [0.25, 0.3) is 0 Å². The quantitative estimate of drug-likeness (QED) is 0.439.